The Labute approximate surface area is 180 Å². The van der Waals surface area contributed by atoms with Gasteiger partial charge in [0, 0.05) is 15.9 Å². The van der Waals surface area contributed by atoms with Gasteiger partial charge < -0.3 is 9.47 Å². The molecule has 2 aromatic heterocycles. The molecule has 0 spiro atoms. The molecule has 0 atom stereocenters. The van der Waals surface area contributed by atoms with E-state index in [9.17, 15) is 18.0 Å². The Morgan fingerprint density at radius 2 is 1.70 bits per heavy atom. The van der Waals surface area contributed by atoms with Gasteiger partial charge in [-0.1, -0.05) is 32.9 Å². The van der Waals surface area contributed by atoms with E-state index >= 15 is 0 Å². The van der Waals surface area contributed by atoms with Crippen LogP contribution in [0.1, 0.15) is 43.1 Å². The summed E-state index contributed by atoms with van der Waals surface area (Å²) in [6, 6.07) is 9.50. The number of thiophene rings is 1. The molecule has 160 valence electrons. The average molecular weight is 456 g/mol. The maximum atomic E-state index is 12.7. The van der Waals surface area contributed by atoms with Crippen LogP contribution in [0.5, 0.6) is 5.75 Å². The lowest BCUT2D eigenvalue weighted by Gasteiger charge is -2.16. The number of carbonyl (C=O) groups excluding carboxylic acids is 1. The maximum absolute atomic E-state index is 12.7. The zero-order valence-electron chi connectivity index (χ0n) is 16.8. The summed E-state index contributed by atoms with van der Waals surface area (Å²) in [6.45, 7) is 7.87. The third-order valence-corrected chi connectivity index (χ3v) is 6.32. The van der Waals surface area contributed by atoms with Crippen LogP contribution < -0.4 is 4.74 Å². The molecule has 0 N–H and O–H groups in total. The Kier molecular flexibility index (Phi) is 6.24. The first kappa shape index (κ1) is 22.3. The summed E-state index contributed by atoms with van der Waals surface area (Å²) in [4.78, 5) is 18.8. The molecule has 0 bridgehead atoms. The van der Waals surface area contributed by atoms with E-state index in [0.717, 1.165) is 4.88 Å². The van der Waals surface area contributed by atoms with Crippen LogP contribution in [0.25, 0.3) is 20.3 Å². The molecule has 0 amide bonds. The average Bonchev–Trinajstić information content (AvgIpc) is 3.28. The van der Waals surface area contributed by atoms with Crippen LogP contribution in [-0.2, 0) is 10.2 Å². The normalized spacial score (nSPS) is 12.1. The molecule has 1 aromatic carbocycles. The molecule has 30 heavy (non-hydrogen) atoms. The number of aromatic nitrogens is 1. The molecule has 9 heteroatoms. The van der Waals surface area contributed by atoms with Crippen molar-refractivity contribution in [1.82, 2.24) is 4.98 Å². The van der Waals surface area contributed by atoms with Crippen LogP contribution in [0.2, 0.25) is 0 Å². The van der Waals surface area contributed by atoms with Gasteiger partial charge in [0.2, 0.25) is 0 Å². The number of esters is 1. The first-order valence-electron chi connectivity index (χ1n) is 9.13. The van der Waals surface area contributed by atoms with E-state index in [1.807, 2.05) is 20.8 Å². The number of carbonyl (C=O) groups is 1. The van der Waals surface area contributed by atoms with Crippen molar-refractivity contribution in [1.29, 1.82) is 0 Å². The number of hydrogen-bond donors (Lipinski definition) is 0. The zero-order valence-corrected chi connectivity index (χ0v) is 18.4. The zero-order chi connectivity index (χ0) is 22.1. The van der Waals surface area contributed by atoms with Gasteiger partial charge in [0.25, 0.3) is 0 Å². The monoisotopic (exact) mass is 455 g/mol. The van der Waals surface area contributed by atoms with Crippen molar-refractivity contribution in [3.05, 3.63) is 47.0 Å². The second kappa shape index (κ2) is 8.39. The van der Waals surface area contributed by atoms with Gasteiger partial charge in [-0.3, -0.25) is 0 Å². The Bertz CT molecular complexity index is 1050. The van der Waals surface area contributed by atoms with Crippen LogP contribution in [0, 0.1) is 0 Å². The molecule has 0 radical (unpaired) electrons. The number of benzene rings is 1. The molecular weight excluding hydrogens is 435 g/mol. The van der Waals surface area contributed by atoms with E-state index < -0.39 is 12.3 Å². The number of nitrogens with zero attached hydrogens (tertiary/aromatic N) is 1. The van der Waals surface area contributed by atoms with Crippen molar-refractivity contribution in [2.24, 2.45) is 0 Å². The highest BCUT2D eigenvalue weighted by molar-refractivity contribution is 7.24. The van der Waals surface area contributed by atoms with E-state index in [2.05, 4.69) is 9.72 Å². The third-order valence-electron chi connectivity index (χ3n) is 3.99. The molecule has 2 heterocycles. The fourth-order valence-corrected chi connectivity index (χ4v) is 5.01. The summed E-state index contributed by atoms with van der Waals surface area (Å²) in [5.74, 6) is -0.688. The van der Waals surface area contributed by atoms with Crippen LogP contribution in [0.4, 0.5) is 13.2 Å². The third kappa shape index (κ3) is 5.02. The quantitative estimate of drug-likeness (QED) is 0.392. The number of rotatable bonds is 5. The number of hydrogen-bond acceptors (Lipinski definition) is 6. The highest BCUT2D eigenvalue weighted by Crippen LogP contribution is 2.42. The largest absolute Gasteiger partial charge is 0.573 e. The van der Waals surface area contributed by atoms with Crippen molar-refractivity contribution in [3.8, 4) is 26.1 Å². The molecule has 4 nitrogen and oxygen atoms in total. The summed E-state index contributed by atoms with van der Waals surface area (Å²) in [5.41, 5.74) is 0.602. The van der Waals surface area contributed by atoms with Crippen molar-refractivity contribution in [2.75, 3.05) is 6.61 Å². The van der Waals surface area contributed by atoms with Gasteiger partial charge in [-0.15, -0.1) is 35.8 Å². The Morgan fingerprint density at radius 3 is 2.33 bits per heavy atom. The molecule has 0 aliphatic carbocycles. The van der Waals surface area contributed by atoms with Gasteiger partial charge in [-0.2, -0.15) is 0 Å². The molecule has 3 aromatic rings. The van der Waals surface area contributed by atoms with Crippen molar-refractivity contribution in [2.45, 2.75) is 39.5 Å². The maximum Gasteiger partial charge on any atom is 0.573 e. The fraction of sp³-hybridized carbons (Fsp3) is 0.333. The smallest absolute Gasteiger partial charge is 0.462 e. The van der Waals surface area contributed by atoms with Gasteiger partial charge in [0.15, 0.2) is 0 Å². The van der Waals surface area contributed by atoms with E-state index in [-0.39, 0.29) is 17.8 Å². The Hall–Kier alpha value is -2.39. The lowest BCUT2D eigenvalue weighted by molar-refractivity contribution is -0.274. The summed E-state index contributed by atoms with van der Waals surface area (Å²) in [6.07, 6.45) is -4.78. The molecule has 0 saturated carbocycles. The first-order valence-corrected chi connectivity index (χ1v) is 10.8. The van der Waals surface area contributed by atoms with Gasteiger partial charge in [0.1, 0.15) is 15.6 Å². The Morgan fingerprint density at radius 1 is 1.03 bits per heavy atom. The summed E-state index contributed by atoms with van der Waals surface area (Å²) in [5, 5.41) is 0.619. The predicted octanol–water partition coefficient (Wildman–Crippen LogP) is 6.91. The lowest BCUT2D eigenvalue weighted by Crippen LogP contribution is -2.17. The molecule has 0 saturated heterocycles. The van der Waals surface area contributed by atoms with E-state index in [1.54, 1.807) is 31.2 Å². The van der Waals surface area contributed by atoms with Gasteiger partial charge in [-0.05, 0) is 31.2 Å². The number of halogens is 3. The number of thiazole rings is 1. The van der Waals surface area contributed by atoms with Gasteiger partial charge in [0.05, 0.1) is 17.2 Å². The van der Waals surface area contributed by atoms with Crippen LogP contribution in [-0.4, -0.2) is 23.9 Å². The first-order chi connectivity index (χ1) is 14.0. The van der Waals surface area contributed by atoms with Gasteiger partial charge >= 0.3 is 12.3 Å². The Balaban J connectivity index is 2.01. The molecule has 0 unspecified atom stereocenters. The highest BCUT2D eigenvalue weighted by Gasteiger charge is 2.32. The fourth-order valence-electron chi connectivity index (χ4n) is 2.75. The van der Waals surface area contributed by atoms with Crippen LogP contribution >= 0.6 is 22.7 Å². The minimum atomic E-state index is -4.78. The van der Waals surface area contributed by atoms with Crippen LogP contribution in [0.3, 0.4) is 0 Å². The summed E-state index contributed by atoms with van der Waals surface area (Å²) >= 11 is 2.51. The minimum Gasteiger partial charge on any atom is -0.462 e. The lowest BCUT2D eigenvalue weighted by atomic mass is 9.91. The summed E-state index contributed by atoms with van der Waals surface area (Å²) in [7, 11) is 0. The van der Waals surface area contributed by atoms with E-state index in [1.165, 1.54) is 34.8 Å². The number of ether oxygens (including phenoxy) is 2. The molecule has 0 fully saturated rings. The second-order valence-corrected chi connectivity index (χ2v) is 9.46. The number of alkyl halides is 3. The van der Waals surface area contributed by atoms with Crippen molar-refractivity contribution in [3.63, 3.8) is 0 Å². The highest BCUT2D eigenvalue weighted by atomic mass is 32.1. The standard InChI is InChI=1S/C21H20F3NO3S2/c1-5-27-19(26)16-17(20(2,3)4)25-18(30-16)15-11-10-14(29-15)12-8-6-7-9-13(12)28-21(22,23)24/h6-11H,5H2,1-4H3. The summed E-state index contributed by atoms with van der Waals surface area (Å²) < 4.78 is 47.5. The topological polar surface area (TPSA) is 48.4 Å². The second-order valence-electron chi connectivity index (χ2n) is 7.38. The van der Waals surface area contributed by atoms with Gasteiger partial charge in [-0.25, -0.2) is 9.78 Å². The molecule has 0 aliphatic heterocycles. The minimum absolute atomic E-state index is 0.259. The SMILES string of the molecule is CCOC(=O)c1sc(-c2ccc(-c3ccccc3OC(F)(F)F)s2)nc1C(C)(C)C. The van der Waals surface area contributed by atoms with Crippen LogP contribution in [0.15, 0.2) is 36.4 Å². The molecule has 0 aliphatic rings. The van der Waals surface area contributed by atoms with E-state index in [4.69, 9.17) is 4.74 Å². The van der Waals surface area contributed by atoms with Crippen molar-refractivity contribution < 1.29 is 27.4 Å². The molecule has 3 rings (SSSR count). The molecular formula is C21H20F3NO3S2. The predicted molar refractivity (Wildman–Crippen MR) is 112 cm³/mol. The number of para-hydroxylation sites is 1. The van der Waals surface area contributed by atoms with Crippen molar-refractivity contribution >= 4 is 28.6 Å². The van der Waals surface area contributed by atoms with E-state index in [0.29, 0.717) is 26.0 Å².